The molecule has 0 spiro atoms. The maximum absolute atomic E-state index is 11.7. The van der Waals surface area contributed by atoms with Crippen molar-refractivity contribution in [1.29, 1.82) is 0 Å². The van der Waals surface area contributed by atoms with Crippen LogP contribution >= 0.6 is 11.3 Å². The first-order valence-corrected chi connectivity index (χ1v) is 6.74. The van der Waals surface area contributed by atoms with Crippen molar-refractivity contribution < 1.29 is 4.79 Å². The van der Waals surface area contributed by atoms with Crippen LogP contribution in [0.4, 0.5) is 0 Å². The molecule has 0 aliphatic heterocycles. The van der Waals surface area contributed by atoms with E-state index in [4.69, 9.17) is 5.73 Å². The van der Waals surface area contributed by atoms with Crippen molar-refractivity contribution in [1.82, 2.24) is 5.32 Å². The molecule has 1 heterocycles. The first-order chi connectivity index (χ1) is 7.80. The lowest BCUT2D eigenvalue weighted by Crippen LogP contribution is -2.39. The zero-order valence-corrected chi connectivity index (χ0v) is 11.9. The maximum Gasteiger partial charge on any atom is 0.221 e. The fourth-order valence-corrected chi connectivity index (χ4v) is 2.19. The number of carbonyl (C=O) groups excluding carboxylic acids is 1. The Labute approximate surface area is 107 Å². The maximum atomic E-state index is 11.7. The highest BCUT2D eigenvalue weighted by molar-refractivity contribution is 7.10. The van der Waals surface area contributed by atoms with Crippen molar-refractivity contribution in [3.8, 4) is 0 Å². The lowest BCUT2D eigenvalue weighted by Gasteiger charge is -2.26. The van der Waals surface area contributed by atoms with Crippen molar-refractivity contribution >= 4 is 17.2 Å². The van der Waals surface area contributed by atoms with Gasteiger partial charge in [-0.25, -0.2) is 0 Å². The minimum absolute atomic E-state index is 0.0280. The van der Waals surface area contributed by atoms with Crippen LogP contribution in [0.15, 0.2) is 11.4 Å². The molecule has 1 amide bonds. The molecule has 0 saturated heterocycles. The zero-order valence-electron chi connectivity index (χ0n) is 11.0. The SMILES string of the molecule is Cc1ccsc1CNC(=O)CC(N)C(C)(C)C. The Balaban J connectivity index is 2.39. The average Bonchev–Trinajstić information content (AvgIpc) is 2.59. The second-order valence-corrected chi connectivity index (χ2v) is 6.48. The highest BCUT2D eigenvalue weighted by atomic mass is 32.1. The molecule has 3 nitrogen and oxygen atoms in total. The van der Waals surface area contributed by atoms with E-state index in [0.717, 1.165) is 0 Å². The topological polar surface area (TPSA) is 55.1 Å². The molecule has 0 aromatic carbocycles. The van der Waals surface area contributed by atoms with Crippen LogP contribution in [0.3, 0.4) is 0 Å². The van der Waals surface area contributed by atoms with Crippen LogP contribution in [0.25, 0.3) is 0 Å². The molecule has 1 unspecified atom stereocenters. The van der Waals surface area contributed by atoms with Gasteiger partial charge in [-0.3, -0.25) is 4.79 Å². The molecular weight excluding hydrogens is 232 g/mol. The molecule has 3 N–H and O–H groups in total. The zero-order chi connectivity index (χ0) is 13.1. The van der Waals surface area contributed by atoms with Gasteiger partial charge in [-0.15, -0.1) is 11.3 Å². The number of nitrogens with one attached hydrogen (secondary N) is 1. The van der Waals surface area contributed by atoms with Gasteiger partial charge in [0.15, 0.2) is 0 Å². The third-order valence-corrected chi connectivity index (χ3v) is 3.95. The third-order valence-electron chi connectivity index (χ3n) is 2.93. The summed E-state index contributed by atoms with van der Waals surface area (Å²) in [5.74, 6) is 0.0280. The van der Waals surface area contributed by atoms with E-state index < -0.39 is 0 Å². The van der Waals surface area contributed by atoms with Crippen molar-refractivity contribution in [2.24, 2.45) is 11.1 Å². The first-order valence-electron chi connectivity index (χ1n) is 5.86. The number of rotatable bonds is 4. The van der Waals surface area contributed by atoms with Gasteiger partial charge in [0.1, 0.15) is 0 Å². The van der Waals surface area contributed by atoms with E-state index in [1.54, 1.807) is 11.3 Å². The van der Waals surface area contributed by atoms with Crippen molar-refractivity contribution in [3.05, 3.63) is 21.9 Å². The molecule has 1 atom stereocenters. The number of nitrogens with two attached hydrogens (primary N) is 1. The molecule has 1 rings (SSSR count). The third kappa shape index (κ3) is 4.48. The highest BCUT2D eigenvalue weighted by Crippen LogP contribution is 2.20. The summed E-state index contributed by atoms with van der Waals surface area (Å²) in [4.78, 5) is 12.9. The van der Waals surface area contributed by atoms with Crippen molar-refractivity contribution in [3.63, 3.8) is 0 Å². The van der Waals surface area contributed by atoms with Gasteiger partial charge in [-0.1, -0.05) is 20.8 Å². The van der Waals surface area contributed by atoms with E-state index in [1.807, 2.05) is 26.2 Å². The smallest absolute Gasteiger partial charge is 0.221 e. The average molecular weight is 254 g/mol. The molecule has 0 aliphatic rings. The Bertz CT molecular complexity index is 379. The molecule has 4 heteroatoms. The van der Waals surface area contributed by atoms with Gasteiger partial charge in [0.25, 0.3) is 0 Å². The van der Waals surface area contributed by atoms with Gasteiger partial charge in [-0.05, 0) is 29.3 Å². The van der Waals surface area contributed by atoms with Crippen LogP contribution in [0.1, 0.15) is 37.6 Å². The minimum atomic E-state index is -0.105. The summed E-state index contributed by atoms with van der Waals surface area (Å²) in [5.41, 5.74) is 7.17. The summed E-state index contributed by atoms with van der Waals surface area (Å²) < 4.78 is 0. The second kappa shape index (κ2) is 5.65. The Hall–Kier alpha value is -0.870. The standard InChI is InChI=1S/C13H22N2OS/c1-9-5-6-17-10(9)8-15-12(16)7-11(14)13(2,3)4/h5-6,11H,7-8,14H2,1-4H3,(H,15,16). The van der Waals surface area contributed by atoms with E-state index in [2.05, 4.69) is 18.3 Å². The molecular formula is C13H22N2OS. The first kappa shape index (κ1) is 14.2. The molecule has 1 aromatic heterocycles. The summed E-state index contributed by atoms with van der Waals surface area (Å²) in [7, 11) is 0. The minimum Gasteiger partial charge on any atom is -0.351 e. The van der Waals surface area contributed by atoms with E-state index in [9.17, 15) is 4.79 Å². The summed E-state index contributed by atoms with van der Waals surface area (Å²) in [6.07, 6.45) is 0.383. The molecule has 0 bridgehead atoms. The Morgan fingerprint density at radius 2 is 2.18 bits per heavy atom. The largest absolute Gasteiger partial charge is 0.351 e. The number of thiophene rings is 1. The number of hydrogen-bond acceptors (Lipinski definition) is 3. The van der Waals surface area contributed by atoms with Crippen LogP contribution in [0.5, 0.6) is 0 Å². The van der Waals surface area contributed by atoms with E-state index in [1.165, 1.54) is 10.4 Å². The van der Waals surface area contributed by atoms with Gasteiger partial charge in [0, 0.05) is 17.3 Å². The number of carbonyl (C=O) groups is 1. The summed E-state index contributed by atoms with van der Waals surface area (Å²) in [6.45, 7) is 8.81. The number of hydrogen-bond donors (Lipinski definition) is 2. The predicted octanol–water partition coefficient (Wildman–Crippen LogP) is 2.44. The van der Waals surface area contributed by atoms with E-state index >= 15 is 0 Å². The van der Waals surface area contributed by atoms with Gasteiger partial charge >= 0.3 is 0 Å². The van der Waals surface area contributed by atoms with Crippen LogP contribution < -0.4 is 11.1 Å². The quantitative estimate of drug-likeness (QED) is 0.867. The molecule has 1 aromatic rings. The van der Waals surface area contributed by atoms with Gasteiger partial charge in [0.05, 0.1) is 6.54 Å². The molecule has 17 heavy (non-hydrogen) atoms. The Morgan fingerprint density at radius 1 is 1.53 bits per heavy atom. The van der Waals surface area contributed by atoms with Gasteiger partial charge < -0.3 is 11.1 Å². The predicted molar refractivity (Wildman–Crippen MR) is 73.0 cm³/mol. The highest BCUT2D eigenvalue weighted by Gasteiger charge is 2.22. The Morgan fingerprint density at radius 3 is 2.65 bits per heavy atom. The summed E-state index contributed by atoms with van der Waals surface area (Å²) in [5, 5.41) is 4.96. The molecule has 0 fully saturated rings. The summed E-state index contributed by atoms with van der Waals surface area (Å²) >= 11 is 1.67. The fourth-order valence-electron chi connectivity index (χ4n) is 1.34. The van der Waals surface area contributed by atoms with E-state index in [0.29, 0.717) is 13.0 Å². The molecule has 0 aliphatic carbocycles. The summed E-state index contributed by atoms with van der Waals surface area (Å²) in [6, 6.07) is 1.96. The fraction of sp³-hybridized carbons (Fsp3) is 0.615. The van der Waals surface area contributed by atoms with Gasteiger partial charge in [0.2, 0.25) is 5.91 Å². The van der Waals surface area contributed by atoms with Gasteiger partial charge in [-0.2, -0.15) is 0 Å². The van der Waals surface area contributed by atoms with Crippen LogP contribution in [0, 0.1) is 12.3 Å². The van der Waals surface area contributed by atoms with Crippen LogP contribution in [-0.2, 0) is 11.3 Å². The molecule has 96 valence electrons. The van der Waals surface area contributed by atoms with Crippen molar-refractivity contribution in [2.75, 3.05) is 0 Å². The van der Waals surface area contributed by atoms with Crippen molar-refractivity contribution in [2.45, 2.75) is 46.7 Å². The lowest BCUT2D eigenvalue weighted by molar-refractivity contribution is -0.122. The van der Waals surface area contributed by atoms with E-state index in [-0.39, 0.29) is 17.4 Å². The normalized spacial score (nSPS) is 13.5. The number of amides is 1. The second-order valence-electron chi connectivity index (χ2n) is 5.48. The Kier molecular flexibility index (Phi) is 4.71. The van der Waals surface area contributed by atoms with Crippen LogP contribution in [0.2, 0.25) is 0 Å². The molecule has 0 radical (unpaired) electrons. The number of aryl methyl sites for hydroxylation is 1. The van der Waals surface area contributed by atoms with Crippen LogP contribution in [-0.4, -0.2) is 11.9 Å². The monoisotopic (exact) mass is 254 g/mol. The molecule has 0 saturated carbocycles. The lowest BCUT2D eigenvalue weighted by atomic mass is 9.85.